The summed E-state index contributed by atoms with van der Waals surface area (Å²) in [7, 11) is 2.02. The van der Waals surface area contributed by atoms with E-state index in [4.69, 9.17) is 16.5 Å². The smallest absolute Gasteiger partial charge is 0.229 e. The first kappa shape index (κ1) is 18.3. The van der Waals surface area contributed by atoms with Crippen LogP contribution in [0.15, 0.2) is 24.3 Å². The van der Waals surface area contributed by atoms with Crippen LogP contribution >= 0.6 is 0 Å². The molecule has 0 spiro atoms. The number of hydrogen-bond donors (Lipinski definition) is 4. The molecule has 3 rings (SSSR count). The molecule has 140 valence electrons. The Morgan fingerprint density at radius 2 is 2.08 bits per heavy atom. The molecule has 26 heavy (non-hydrogen) atoms. The summed E-state index contributed by atoms with van der Waals surface area (Å²) in [5.74, 6) is 1.55. The zero-order chi connectivity index (χ0) is 18.5. The van der Waals surface area contributed by atoms with Gasteiger partial charge in [0.25, 0.3) is 0 Å². The number of benzene rings is 1. The summed E-state index contributed by atoms with van der Waals surface area (Å²) in [6.45, 7) is 4.14. The van der Waals surface area contributed by atoms with Crippen LogP contribution in [0, 0.1) is 0 Å². The Bertz CT molecular complexity index is 747. The quantitative estimate of drug-likeness (QED) is 0.590. The Kier molecular flexibility index (Phi) is 5.78. The number of likely N-dealkylation sites (N-methyl/N-ethyl adjacent to an activating group) is 1. The van der Waals surface area contributed by atoms with Crippen molar-refractivity contribution in [1.82, 2.24) is 15.3 Å². The van der Waals surface area contributed by atoms with Crippen molar-refractivity contribution < 1.29 is 0 Å². The fraction of sp³-hybridized carbons (Fsp3) is 0.474. The van der Waals surface area contributed by atoms with Crippen LogP contribution in [0.3, 0.4) is 0 Å². The largest absolute Gasteiger partial charge is 0.399 e. The van der Waals surface area contributed by atoms with Crippen LogP contribution in [-0.4, -0.2) is 36.1 Å². The molecular formula is C19H29N7. The van der Waals surface area contributed by atoms with Crippen LogP contribution in [0.5, 0.6) is 0 Å². The molecule has 0 radical (unpaired) electrons. The third-order valence-electron chi connectivity index (χ3n) is 4.75. The number of hydrogen-bond acceptors (Lipinski definition) is 7. The zero-order valence-electron chi connectivity index (χ0n) is 15.6. The maximum Gasteiger partial charge on any atom is 0.229 e. The maximum atomic E-state index is 6.07. The van der Waals surface area contributed by atoms with Crippen LogP contribution in [0.25, 0.3) is 0 Å². The molecule has 0 aliphatic carbocycles. The van der Waals surface area contributed by atoms with Gasteiger partial charge in [-0.15, -0.1) is 0 Å². The summed E-state index contributed by atoms with van der Waals surface area (Å²) in [6.07, 6.45) is 4.32. The lowest BCUT2D eigenvalue weighted by molar-refractivity contribution is 0.447. The number of rotatable bonds is 6. The van der Waals surface area contributed by atoms with Gasteiger partial charge in [-0.05, 0) is 44.5 Å². The van der Waals surface area contributed by atoms with Crippen molar-refractivity contribution in [3.8, 4) is 0 Å². The number of nitrogens with one attached hydrogen (secondary N) is 2. The van der Waals surface area contributed by atoms with Crippen LogP contribution < -0.4 is 27.0 Å². The molecule has 0 bridgehead atoms. The highest BCUT2D eigenvalue weighted by Crippen LogP contribution is 2.26. The molecule has 1 aromatic heterocycles. The fourth-order valence-electron chi connectivity index (χ4n) is 3.32. The summed E-state index contributed by atoms with van der Waals surface area (Å²) in [6, 6.07) is 8.02. The minimum absolute atomic E-state index is 0.498. The summed E-state index contributed by atoms with van der Waals surface area (Å²) < 4.78 is 0. The van der Waals surface area contributed by atoms with E-state index in [1.165, 1.54) is 6.42 Å². The minimum Gasteiger partial charge on any atom is -0.399 e. The maximum absolute atomic E-state index is 6.07. The third-order valence-corrected chi connectivity index (χ3v) is 4.75. The van der Waals surface area contributed by atoms with Crippen LogP contribution in [0.2, 0.25) is 0 Å². The van der Waals surface area contributed by atoms with Crippen molar-refractivity contribution in [2.45, 2.75) is 38.6 Å². The summed E-state index contributed by atoms with van der Waals surface area (Å²) in [4.78, 5) is 11.8. The molecule has 7 heteroatoms. The number of nitrogens with zero attached hydrogens (tertiary/aromatic N) is 3. The van der Waals surface area contributed by atoms with Gasteiger partial charge in [0.1, 0.15) is 5.82 Å². The number of aryl methyl sites for hydroxylation is 1. The van der Waals surface area contributed by atoms with E-state index in [1.54, 1.807) is 6.07 Å². The van der Waals surface area contributed by atoms with E-state index < -0.39 is 0 Å². The molecule has 1 atom stereocenters. The minimum atomic E-state index is 0.498. The Morgan fingerprint density at radius 1 is 1.23 bits per heavy atom. The second-order valence-electron chi connectivity index (χ2n) is 6.84. The van der Waals surface area contributed by atoms with E-state index in [9.17, 15) is 0 Å². The van der Waals surface area contributed by atoms with Gasteiger partial charge in [-0.3, -0.25) is 0 Å². The number of nitrogen functional groups attached to an aromatic ring is 2. The van der Waals surface area contributed by atoms with E-state index in [0.29, 0.717) is 23.4 Å². The number of piperidine rings is 1. The SMILES string of the molecule is CCCc1cc(N2CCC[C@@H](NC)C2)nc(Nc2ccc(N)cc2N)n1. The van der Waals surface area contributed by atoms with Gasteiger partial charge in [0.15, 0.2) is 0 Å². The predicted octanol–water partition coefficient (Wildman–Crippen LogP) is 2.53. The molecule has 0 saturated carbocycles. The Balaban J connectivity index is 1.88. The molecular weight excluding hydrogens is 326 g/mol. The molecule has 1 fully saturated rings. The predicted molar refractivity (Wildman–Crippen MR) is 109 cm³/mol. The van der Waals surface area contributed by atoms with Crippen LogP contribution in [0.1, 0.15) is 31.9 Å². The highest BCUT2D eigenvalue weighted by atomic mass is 15.2. The summed E-state index contributed by atoms with van der Waals surface area (Å²) in [5.41, 5.74) is 14.9. The Hall–Kier alpha value is -2.54. The highest BCUT2D eigenvalue weighted by Gasteiger charge is 2.20. The lowest BCUT2D eigenvalue weighted by atomic mass is 10.1. The van der Waals surface area contributed by atoms with Gasteiger partial charge in [0, 0.05) is 36.6 Å². The first-order chi connectivity index (χ1) is 12.6. The Morgan fingerprint density at radius 3 is 2.81 bits per heavy atom. The summed E-state index contributed by atoms with van der Waals surface area (Å²) >= 11 is 0. The topological polar surface area (TPSA) is 105 Å². The van der Waals surface area contributed by atoms with Gasteiger partial charge in [-0.2, -0.15) is 4.98 Å². The standard InChI is InChI=1S/C19H29N7/c1-3-5-14-11-18(26-9-4-6-15(12-26)22-2)25-19(23-14)24-17-8-7-13(20)10-16(17)21/h7-8,10-11,15,22H,3-6,9,12,20-21H2,1-2H3,(H,23,24,25)/t15-/m1/s1. The molecule has 0 unspecified atom stereocenters. The van der Waals surface area contributed by atoms with E-state index in [-0.39, 0.29) is 0 Å². The number of nitrogens with two attached hydrogens (primary N) is 2. The molecule has 1 saturated heterocycles. The summed E-state index contributed by atoms with van der Waals surface area (Å²) in [5, 5.41) is 6.64. The van der Waals surface area contributed by atoms with Gasteiger partial charge < -0.3 is 27.0 Å². The number of aromatic nitrogens is 2. The van der Waals surface area contributed by atoms with Crippen molar-refractivity contribution in [2.24, 2.45) is 0 Å². The molecule has 7 nitrogen and oxygen atoms in total. The lowest BCUT2D eigenvalue weighted by Gasteiger charge is -2.33. The number of anilines is 5. The van der Waals surface area contributed by atoms with Gasteiger partial charge in [-0.1, -0.05) is 13.3 Å². The van der Waals surface area contributed by atoms with Crippen molar-refractivity contribution in [3.05, 3.63) is 30.0 Å². The van der Waals surface area contributed by atoms with Crippen LogP contribution in [-0.2, 0) is 6.42 Å². The van der Waals surface area contributed by atoms with Gasteiger partial charge in [0.2, 0.25) is 5.95 Å². The zero-order valence-corrected chi connectivity index (χ0v) is 15.6. The first-order valence-electron chi connectivity index (χ1n) is 9.31. The molecule has 1 aliphatic heterocycles. The molecule has 2 aromatic rings. The molecule has 0 amide bonds. The normalized spacial score (nSPS) is 17.3. The molecule has 2 heterocycles. The monoisotopic (exact) mass is 355 g/mol. The third kappa shape index (κ3) is 4.35. The van der Waals surface area contributed by atoms with Crippen molar-refractivity contribution >= 4 is 28.8 Å². The average molecular weight is 355 g/mol. The van der Waals surface area contributed by atoms with Crippen LogP contribution in [0.4, 0.5) is 28.8 Å². The van der Waals surface area contributed by atoms with E-state index in [1.807, 2.05) is 19.2 Å². The Labute approximate surface area is 155 Å². The van der Waals surface area contributed by atoms with Crippen molar-refractivity contribution in [2.75, 3.05) is 41.8 Å². The molecule has 6 N–H and O–H groups in total. The highest BCUT2D eigenvalue weighted by molar-refractivity contribution is 5.74. The average Bonchev–Trinajstić information content (AvgIpc) is 2.64. The van der Waals surface area contributed by atoms with Crippen molar-refractivity contribution in [3.63, 3.8) is 0 Å². The van der Waals surface area contributed by atoms with E-state index in [0.717, 1.165) is 49.6 Å². The second-order valence-corrected chi connectivity index (χ2v) is 6.84. The molecule has 1 aromatic carbocycles. The first-order valence-corrected chi connectivity index (χ1v) is 9.31. The lowest BCUT2D eigenvalue weighted by Crippen LogP contribution is -2.44. The van der Waals surface area contributed by atoms with Gasteiger partial charge in [-0.25, -0.2) is 4.98 Å². The molecule has 1 aliphatic rings. The van der Waals surface area contributed by atoms with E-state index in [2.05, 4.69) is 33.5 Å². The van der Waals surface area contributed by atoms with Gasteiger partial charge >= 0.3 is 0 Å². The second kappa shape index (κ2) is 8.23. The van der Waals surface area contributed by atoms with Gasteiger partial charge in [0.05, 0.1) is 11.4 Å². The fourth-order valence-corrected chi connectivity index (χ4v) is 3.32. The van der Waals surface area contributed by atoms with Crippen molar-refractivity contribution in [1.29, 1.82) is 0 Å². The van der Waals surface area contributed by atoms with E-state index >= 15 is 0 Å².